The molecular weight excluding hydrogens is 366 g/mol. The molecule has 0 atom stereocenters. The van der Waals surface area contributed by atoms with Crippen molar-refractivity contribution in [2.45, 2.75) is 6.61 Å². The highest BCUT2D eigenvalue weighted by Gasteiger charge is 2.15. The predicted octanol–water partition coefficient (Wildman–Crippen LogP) is 5.37. The van der Waals surface area contributed by atoms with Gasteiger partial charge in [-0.1, -0.05) is 54.6 Å². The number of carbonyl (C=O) groups excluding carboxylic acids is 1. The van der Waals surface area contributed by atoms with Crippen molar-refractivity contribution in [2.75, 3.05) is 7.11 Å². The van der Waals surface area contributed by atoms with Crippen molar-refractivity contribution in [3.63, 3.8) is 0 Å². The molecule has 0 saturated carbocycles. The normalized spacial score (nSPS) is 10.5. The Bertz CT molecular complexity index is 1100. The monoisotopic (exact) mass is 385 g/mol. The number of carbonyl (C=O) groups is 1. The van der Waals surface area contributed by atoms with E-state index in [0.29, 0.717) is 5.89 Å². The summed E-state index contributed by atoms with van der Waals surface area (Å²) in [5.41, 5.74) is 3.93. The summed E-state index contributed by atoms with van der Waals surface area (Å²) >= 11 is 0. The number of methoxy groups -OCH3 is 1. The number of hydrogen-bond acceptors (Lipinski definition) is 5. The van der Waals surface area contributed by atoms with E-state index in [1.54, 1.807) is 7.11 Å². The van der Waals surface area contributed by atoms with E-state index in [1.165, 1.54) is 6.26 Å². The molecule has 5 nitrogen and oxygen atoms in total. The average molecular weight is 385 g/mol. The fourth-order valence-electron chi connectivity index (χ4n) is 2.91. The highest BCUT2D eigenvalue weighted by Crippen LogP contribution is 2.27. The van der Waals surface area contributed by atoms with E-state index in [4.69, 9.17) is 13.9 Å². The molecule has 0 N–H and O–H groups in total. The zero-order chi connectivity index (χ0) is 20.1. The molecule has 0 aliphatic rings. The summed E-state index contributed by atoms with van der Waals surface area (Å²) in [5, 5.41) is 0. The molecule has 29 heavy (non-hydrogen) atoms. The van der Waals surface area contributed by atoms with Gasteiger partial charge in [0.25, 0.3) is 0 Å². The van der Waals surface area contributed by atoms with E-state index in [1.807, 2.05) is 78.9 Å². The number of oxazole rings is 1. The first-order valence-electron chi connectivity index (χ1n) is 9.14. The first kappa shape index (κ1) is 18.5. The van der Waals surface area contributed by atoms with Gasteiger partial charge in [0, 0.05) is 5.56 Å². The average Bonchev–Trinajstić information content (AvgIpc) is 3.29. The summed E-state index contributed by atoms with van der Waals surface area (Å²) < 4.78 is 16.0. The van der Waals surface area contributed by atoms with Crippen molar-refractivity contribution in [3.8, 4) is 28.3 Å². The maximum absolute atomic E-state index is 12.2. The zero-order valence-corrected chi connectivity index (χ0v) is 15.9. The van der Waals surface area contributed by atoms with Crippen molar-refractivity contribution >= 4 is 5.97 Å². The molecule has 1 heterocycles. The molecule has 0 spiro atoms. The number of hydrogen-bond donors (Lipinski definition) is 0. The van der Waals surface area contributed by atoms with Crippen LogP contribution in [0.5, 0.6) is 5.75 Å². The van der Waals surface area contributed by atoms with Crippen LogP contribution >= 0.6 is 0 Å². The number of esters is 1. The van der Waals surface area contributed by atoms with Crippen LogP contribution in [0.2, 0.25) is 0 Å². The number of aromatic nitrogens is 1. The largest absolute Gasteiger partial charge is 0.497 e. The molecule has 4 rings (SSSR count). The summed E-state index contributed by atoms with van der Waals surface area (Å²) in [5.74, 6) is 0.656. The Morgan fingerprint density at radius 3 is 2.41 bits per heavy atom. The Balaban J connectivity index is 1.45. The molecule has 0 bridgehead atoms. The molecule has 0 aliphatic carbocycles. The van der Waals surface area contributed by atoms with Gasteiger partial charge in [-0.2, -0.15) is 0 Å². The summed E-state index contributed by atoms with van der Waals surface area (Å²) in [4.78, 5) is 16.5. The van der Waals surface area contributed by atoms with Crippen LogP contribution in [-0.4, -0.2) is 18.1 Å². The van der Waals surface area contributed by atoms with Gasteiger partial charge < -0.3 is 13.9 Å². The Morgan fingerprint density at radius 1 is 0.897 bits per heavy atom. The second kappa shape index (κ2) is 8.44. The quantitative estimate of drug-likeness (QED) is 0.417. The Kier molecular flexibility index (Phi) is 5.38. The smallest absolute Gasteiger partial charge is 0.360 e. The Morgan fingerprint density at radius 2 is 1.66 bits per heavy atom. The topological polar surface area (TPSA) is 61.6 Å². The highest BCUT2D eigenvalue weighted by molar-refractivity contribution is 5.87. The van der Waals surface area contributed by atoms with Crippen molar-refractivity contribution in [1.82, 2.24) is 4.98 Å². The first-order chi connectivity index (χ1) is 14.2. The van der Waals surface area contributed by atoms with Gasteiger partial charge in [0.1, 0.15) is 18.6 Å². The SMILES string of the molecule is COc1cccc(-c2ccc(-c3nc(C(=O)OCc4ccccc4)co3)cc2)c1. The minimum Gasteiger partial charge on any atom is -0.497 e. The van der Waals surface area contributed by atoms with Crippen LogP contribution < -0.4 is 4.74 Å². The van der Waals surface area contributed by atoms with Crippen molar-refractivity contribution in [1.29, 1.82) is 0 Å². The van der Waals surface area contributed by atoms with Crippen molar-refractivity contribution in [3.05, 3.63) is 96.4 Å². The summed E-state index contributed by atoms with van der Waals surface area (Å²) in [6.45, 7) is 0.192. The fourth-order valence-corrected chi connectivity index (χ4v) is 2.91. The second-order valence-corrected chi connectivity index (χ2v) is 6.41. The molecule has 3 aromatic carbocycles. The molecule has 4 aromatic rings. The first-order valence-corrected chi connectivity index (χ1v) is 9.14. The van der Waals surface area contributed by atoms with Crippen LogP contribution in [0.1, 0.15) is 16.1 Å². The third-order valence-corrected chi connectivity index (χ3v) is 4.46. The van der Waals surface area contributed by atoms with Crippen LogP contribution in [0, 0.1) is 0 Å². The Labute approximate surface area is 168 Å². The lowest BCUT2D eigenvalue weighted by Crippen LogP contribution is -2.05. The van der Waals surface area contributed by atoms with Gasteiger partial charge in [0.05, 0.1) is 7.11 Å². The summed E-state index contributed by atoms with van der Waals surface area (Å²) in [6, 6.07) is 25.1. The number of rotatable bonds is 6. The van der Waals surface area contributed by atoms with E-state index >= 15 is 0 Å². The van der Waals surface area contributed by atoms with Crippen LogP contribution in [0.3, 0.4) is 0 Å². The van der Waals surface area contributed by atoms with E-state index < -0.39 is 5.97 Å². The molecule has 0 amide bonds. The minimum atomic E-state index is -0.517. The molecule has 5 heteroatoms. The number of benzene rings is 3. The van der Waals surface area contributed by atoms with Crippen molar-refractivity contribution < 1.29 is 18.7 Å². The van der Waals surface area contributed by atoms with Gasteiger partial charge in [-0.15, -0.1) is 0 Å². The maximum Gasteiger partial charge on any atom is 0.360 e. The third kappa shape index (κ3) is 4.35. The molecule has 0 unspecified atom stereocenters. The summed E-state index contributed by atoms with van der Waals surface area (Å²) in [6.07, 6.45) is 1.32. The molecular formula is C24H19NO4. The fraction of sp³-hybridized carbons (Fsp3) is 0.0833. The summed E-state index contributed by atoms with van der Waals surface area (Å²) in [7, 11) is 1.65. The van der Waals surface area contributed by atoms with Crippen molar-refractivity contribution in [2.24, 2.45) is 0 Å². The second-order valence-electron chi connectivity index (χ2n) is 6.41. The van der Waals surface area contributed by atoms with Gasteiger partial charge in [-0.25, -0.2) is 9.78 Å². The maximum atomic E-state index is 12.2. The standard InChI is InChI=1S/C24H19NO4/c1-27-21-9-5-8-20(14-21)18-10-12-19(13-11-18)23-25-22(16-28-23)24(26)29-15-17-6-3-2-4-7-17/h2-14,16H,15H2,1H3. The van der Waals surface area contributed by atoms with Gasteiger partial charge in [0.2, 0.25) is 5.89 Å². The lowest BCUT2D eigenvalue weighted by atomic mass is 10.0. The highest BCUT2D eigenvalue weighted by atomic mass is 16.5. The number of nitrogens with zero attached hydrogens (tertiary/aromatic N) is 1. The van der Waals surface area contributed by atoms with E-state index in [9.17, 15) is 4.79 Å². The predicted molar refractivity (Wildman–Crippen MR) is 109 cm³/mol. The van der Waals surface area contributed by atoms with Gasteiger partial charge in [-0.3, -0.25) is 0 Å². The van der Waals surface area contributed by atoms with Crippen LogP contribution in [-0.2, 0) is 11.3 Å². The van der Waals surface area contributed by atoms with Crippen LogP contribution in [0.25, 0.3) is 22.6 Å². The molecule has 0 aliphatic heterocycles. The number of ether oxygens (including phenoxy) is 2. The third-order valence-electron chi connectivity index (χ3n) is 4.46. The minimum absolute atomic E-state index is 0.146. The molecule has 1 aromatic heterocycles. The molecule has 144 valence electrons. The van der Waals surface area contributed by atoms with Crippen LogP contribution in [0.4, 0.5) is 0 Å². The van der Waals surface area contributed by atoms with E-state index in [0.717, 1.165) is 28.0 Å². The lowest BCUT2D eigenvalue weighted by Gasteiger charge is -2.05. The van der Waals surface area contributed by atoms with Gasteiger partial charge in [0.15, 0.2) is 5.69 Å². The van der Waals surface area contributed by atoms with E-state index in [2.05, 4.69) is 4.98 Å². The molecule has 0 saturated heterocycles. The zero-order valence-electron chi connectivity index (χ0n) is 15.9. The molecule has 0 fully saturated rings. The van der Waals surface area contributed by atoms with E-state index in [-0.39, 0.29) is 12.3 Å². The van der Waals surface area contributed by atoms with Gasteiger partial charge >= 0.3 is 5.97 Å². The Hall–Kier alpha value is -3.86. The lowest BCUT2D eigenvalue weighted by molar-refractivity contribution is 0.0465. The van der Waals surface area contributed by atoms with Gasteiger partial charge in [-0.05, 0) is 41.0 Å². The van der Waals surface area contributed by atoms with Crippen LogP contribution in [0.15, 0.2) is 89.5 Å². The molecule has 0 radical (unpaired) electrons.